The van der Waals surface area contributed by atoms with Gasteiger partial charge in [0.05, 0.1) is 6.20 Å². The normalized spacial score (nSPS) is 18.3. The molecule has 0 unspecified atom stereocenters. The second-order valence-corrected chi connectivity index (χ2v) is 5.44. The number of nitrogens with zero attached hydrogens (tertiary/aromatic N) is 1. The Kier molecular flexibility index (Phi) is 3.65. The van der Waals surface area contributed by atoms with Gasteiger partial charge in [-0.3, -0.25) is 5.10 Å². The van der Waals surface area contributed by atoms with Crippen molar-refractivity contribution in [2.24, 2.45) is 0 Å². The fraction of sp³-hybridized carbons (Fsp3) is 0.438. The molecule has 0 saturated carbocycles. The number of nitrogens with one attached hydrogen (secondary N) is 2. The van der Waals surface area contributed by atoms with E-state index in [-0.39, 0.29) is 0 Å². The van der Waals surface area contributed by atoms with Crippen LogP contribution < -0.4 is 5.32 Å². The van der Waals surface area contributed by atoms with Gasteiger partial charge in [-0.1, -0.05) is 24.3 Å². The zero-order valence-corrected chi connectivity index (χ0v) is 11.4. The number of hydrogen-bond donors (Lipinski definition) is 2. The van der Waals surface area contributed by atoms with Crippen molar-refractivity contribution < 1.29 is 0 Å². The van der Waals surface area contributed by atoms with Gasteiger partial charge in [0.25, 0.3) is 0 Å². The molecule has 0 aliphatic heterocycles. The predicted molar refractivity (Wildman–Crippen MR) is 77.2 cm³/mol. The van der Waals surface area contributed by atoms with E-state index in [0.29, 0.717) is 5.92 Å². The first-order chi connectivity index (χ1) is 9.34. The Morgan fingerprint density at radius 3 is 3.11 bits per heavy atom. The van der Waals surface area contributed by atoms with E-state index in [1.165, 1.54) is 24.8 Å². The second kappa shape index (κ2) is 5.57. The van der Waals surface area contributed by atoms with Crippen molar-refractivity contribution in [1.82, 2.24) is 15.5 Å². The van der Waals surface area contributed by atoms with Crippen molar-refractivity contribution in [3.8, 4) is 0 Å². The molecule has 1 aromatic carbocycles. The quantitative estimate of drug-likeness (QED) is 0.882. The molecule has 1 aliphatic rings. The summed E-state index contributed by atoms with van der Waals surface area (Å²) in [4.78, 5) is 0. The third-order valence-corrected chi connectivity index (χ3v) is 4.13. The van der Waals surface area contributed by atoms with Crippen molar-refractivity contribution in [1.29, 1.82) is 0 Å². The summed E-state index contributed by atoms with van der Waals surface area (Å²) in [6.45, 7) is 4.03. The van der Waals surface area contributed by atoms with Crippen LogP contribution in [0.5, 0.6) is 0 Å². The van der Waals surface area contributed by atoms with Gasteiger partial charge in [-0.05, 0) is 43.2 Å². The van der Waals surface area contributed by atoms with E-state index < -0.39 is 0 Å². The monoisotopic (exact) mass is 255 g/mol. The van der Waals surface area contributed by atoms with Crippen molar-refractivity contribution in [2.45, 2.75) is 38.6 Å². The highest BCUT2D eigenvalue weighted by Gasteiger charge is 2.19. The number of aryl methyl sites for hydroxylation is 2. The standard InChI is InChI=1S/C16H21N3/c1-12-15(11-18-19-12)10-17-9-14-7-4-6-13-5-2-3-8-16(13)14/h2-3,5,8,11,14,17H,4,6-7,9-10H2,1H3,(H,18,19)/t14-/m0/s1. The molecule has 0 spiro atoms. The lowest BCUT2D eigenvalue weighted by atomic mass is 9.83. The third-order valence-electron chi connectivity index (χ3n) is 4.13. The molecule has 100 valence electrons. The summed E-state index contributed by atoms with van der Waals surface area (Å²) in [6, 6.07) is 8.90. The molecule has 2 N–H and O–H groups in total. The van der Waals surface area contributed by atoms with Gasteiger partial charge in [-0.25, -0.2) is 0 Å². The Hall–Kier alpha value is -1.61. The fourth-order valence-electron chi connectivity index (χ4n) is 3.00. The van der Waals surface area contributed by atoms with Crippen LogP contribution in [-0.4, -0.2) is 16.7 Å². The van der Waals surface area contributed by atoms with E-state index in [1.54, 1.807) is 11.1 Å². The van der Waals surface area contributed by atoms with E-state index in [0.717, 1.165) is 18.8 Å². The van der Waals surface area contributed by atoms with Crippen molar-refractivity contribution in [3.63, 3.8) is 0 Å². The summed E-state index contributed by atoms with van der Waals surface area (Å²) in [5.41, 5.74) is 5.52. The molecule has 0 radical (unpaired) electrons. The minimum Gasteiger partial charge on any atom is -0.312 e. The van der Waals surface area contributed by atoms with Crippen molar-refractivity contribution in [2.75, 3.05) is 6.54 Å². The van der Waals surface area contributed by atoms with Crippen LogP contribution in [0.1, 0.15) is 41.1 Å². The average molecular weight is 255 g/mol. The molecule has 0 saturated heterocycles. The zero-order valence-electron chi connectivity index (χ0n) is 11.4. The maximum Gasteiger partial charge on any atom is 0.0535 e. The van der Waals surface area contributed by atoms with Crippen LogP contribution >= 0.6 is 0 Å². The zero-order chi connectivity index (χ0) is 13.1. The molecule has 1 heterocycles. The number of rotatable bonds is 4. The van der Waals surface area contributed by atoms with Gasteiger partial charge in [0.2, 0.25) is 0 Å². The molecule has 2 aromatic rings. The highest BCUT2D eigenvalue weighted by atomic mass is 15.1. The van der Waals surface area contributed by atoms with E-state index in [1.807, 2.05) is 6.20 Å². The van der Waals surface area contributed by atoms with Gasteiger partial charge in [-0.2, -0.15) is 5.10 Å². The first kappa shape index (κ1) is 12.4. The summed E-state index contributed by atoms with van der Waals surface area (Å²) in [5, 5.41) is 10.6. The summed E-state index contributed by atoms with van der Waals surface area (Å²) >= 11 is 0. The van der Waals surface area contributed by atoms with E-state index in [9.17, 15) is 0 Å². The Morgan fingerprint density at radius 1 is 1.37 bits per heavy atom. The van der Waals surface area contributed by atoms with Crippen LogP contribution in [0.4, 0.5) is 0 Å². The molecule has 1 atom stereocenters. The molecular formula is C16H21N3. The van der Waals surface area contributed by atoms with Gasteiger partial charge in [0.1, 0.15) is 0 Å². The average Bonchev–Trinajstić information content (AvgIpc) is 2.85. The first-order valence-electron chi connectivity index (χ1n) is 7.12. The Balaban J connectivity index is 1.61. The first-order valence-corrected chi connectivity index (χ1v) is 7.12. The maximum absolute atomic E-state index is 4.06. The molecule has 1 aromatic heterocycles. The van der Waals surface area contributed by atoms with E-state index in [4.69, 9.17) is 0 Å². The predicted octanol–water partition coefficient (Wildman–Crippen LogP) is 2.93. The fourth-order valence-corrected chi connectivity index (χ4v) is 3.00. The summed E-state index contributed by atoms with van der Waals surface area (Å²) in [6.07, 6.45) is 5.77. The number of H-pyrrole nitrogens is 1. The molecule has 0 fully saturated rings. The molecule has 3 rings (SSSR count). The van der Waals surface area contributed by atoms with Crippen molar-refractivity contribution in [3.05, 3.63) is 52.8 Å². The number of fused-ring (bicyclic) bond motifs is 1. The lowest BCUT2D eigenvalue weighted by Crippen LogP contribution is -2.24. The highest BCUT2D eigenvalue weighted by molar-refractivity contribution is 5.32. The van der Waals surface area contributed by atoms with E-state index >= 15 is 0 Å². The van der Waals surface area contributed by atoms with Crippen LogP contribution in [0.3, 0.4) is 0 Å². The van der Waals surface area contributed by atoms with Crippen molar-refractivity contribution >= 4 is 0 Å². The Labute approximate surface area is 114 Å². The molecule has 3 heteroatoms. The highest BCUT2D eigenvalue weighted by Crippen LogP contribution is 2.30. The lowest BCUT2D eigenvalue weighted by molar-refractivity contribution is 0.507. The van der Waals surface area contributed by atoms with Gasteiger partial charge in [0.15, 0.2) is 0 Å². The minimum atomic E-state index is 0.664. The smallest absolute Gasteiger partial charge is 0.0535 e. The van der Waals surface area contributed by atoms with E-state index in [2.05, 4.69) is 46.7 Å². The van der Waals surface area contributed by atoms with Gasteiger partial charge >= 0.3 is 0 Å². The topological polar surface area (TPSA) is 40.7 Å². The molecular weight excluding hydrogens is 234 g/mol. The summed E-state index contributed by atoms with van der Waals surface area (Å²) in [5.74, 6) is 0.664. The molecule has 19 heavy (non-hydrogen) atoms. The number of benzene rings is 1. The maximum atomic E-state index is 4.06. The SMILES string of the molecule is Cc1[nH]ncc1CNC[C@@H]1CCCc2ccccc21. The summed E-state index contributed by atoms with van der Waals surface area (Å²) < 4.78 is 0. The van der Waals surface area contributed by atoms with Crippen LogP contribution in [-0.2, 0) is 13.0 Å². The number of hydrogen-bond acceptors (Lipinski definition) is 2. The van der Waals surface area contributed by atoms with Crippen LogP contribution in [0.25, 0.3) is 0 Å². The lowest BCUT2D eigenvalue weighted by Gasteiger charge is -2.25. The van der Waals surface area contributed by atoms with Crippen LogP contribution in [0.2, 0.25) is 0 Å². The number of aromatic amines is 1. The third kappa shape index (κ3) is 2.71. The summed E-state index contributed by atoms with van der Waals surface area (Å²) in [7, 11) is 0. The number of aromatic nitrogens is 2. The molecule has 0 bridgehead atoms. The van der Waals surface area contributed by atoms with Crippen LogP contribution in [0.15, 0.2) is 30.5 Å². The Morgan fingerprint density at radius 2 is 2.26 bits per heavy atom. The van der Waals surface area contributed by atoms with Gasteiger partial charge in [0, 0.05) is 24.3 Å². The molecule has 0 amide bonds. The largest absolute Gasteiger partial charge is 0.312 e. The van der Waals surface area contributed by atoms with Gasteiger partial charge < -0.3 is 5.32 Å². The Bertz CT molecular complexity index is 544. The minimum absolute atomic E-state index is 0.664. The van der Waals surface area contributed by atoms with Gasteiger partial charge in [-0.15, -0.1) is 0 Å². The van der Waals surface area contributed by atoms with Crippen LogP contribution in [0, 0.1) is 6.92 Å². The molecule has 3 nitrogen and oxygen atoms in total. The molecule has 1 aliphatic carbocycles. The second-order valence-electron chi connectivity index (χ2n) is 5.44.